The minimum absolute atomic E-state index is 0.183. The Hall–Kier alpha value is -1.51. The van der Waals surface area contributed by atoms with E-state index >= 15 is 0 Å². The largest absolute Gasteiger partial charge is 0.331 e. The number of amides is 1. The Labute approximate surface area is 157 Å². The van der Waals surface area contributed by atoms with Crippen LogP contribution in [0.3, 0.4) is 0 Å². The SMILES string of the molecule is O=C(CCc1nc2ccccc2s1)N1CC[NH+]([C@@H]2CCS(=O)(=O)C2)CC1. The van der Waals surface area contributed by atoms with E-state index in [9.17, 15) is 13.2 Å². The summed E-state index contributed by atoms with van der Waals surface area (Å²) in [5.41, 5.74) is 1.00. The molecule has 26 heavy (non-hydrogen) atoms. The van der Waals surface area contributed by atoms with Gasteiger partial charge in [0.25, 0.3) is 0 Å². The molecule has 1 N–H and O–H groups in total. The van der Waals surface area contributed by atoms with Gasteiger partial charge < -0.3 is 9.80 Å². The molecule has 0 unspecified atom stereocenters. The number of hydrogen-bond acceptors (Lipinski definition) is 5. The van der Waals surface area contributed by atoms with E-state index in [-0.39, 0.29) is 11.9 Å². The number of aryl methyl sites for hydroxylation is 1. The summed E-state index contributed by atoms with van der Waals surface area (Å²) < 4.78 is 24.5. The van der Waals surface area contributed by atoms with Gasteiger partial charge in [-0.3, -0.25) is 4.79 Å². The van der Waals surface area contributed by atoms with Gasteiger partial charge >= 0.3 is 0 Å². The monoisotopic (exact) mass is 394 g/mol. The van der Waals surface area contributed by atoms with Crippen molar-refractivity contribution in [2.24, 2.45) is 0 Å². The number of fused-ring (bicyclic) bond motifs is 1. The van der Waals surface area contributed by atoms with Gasteiger partial charge in [0.15, 0.2) is 9.84 Å². The molecule has 1 atom stereocenters. The number of benzene rings is 1. The molecule has 2 aliphatic rings. The van der Waals surface area contributed by atoms with Gasteiger partial charge in [-0.25, -0.2) is 13.4 Å². The van der Waals surface area contributed by atoms with Gasteiger partial charge in [-0.15, -0.1) is 11.3 Å². The van der Waals surface area contributed by atoms with E-state index in [1.54, 1.807) is 11.3 Å². The molecule has 1 aromatic carbocycles. The van der Waals surface area contributed by atoms with Crippen molar-refractivity contribution in [2.45, 2.75) is 25.3 Å². The molecular formula is C18H24N3O3S2+. The van der Waals surface area contributed by atoms with E-state index in [0.717, 1.165) is 43.1 Å². The molecule has 0 spiro atoms. The molecule has 0 radical (unpaired) electrons. The first-order valence-electron chi connectivity index (χ1n) is 9.17. The molecule has 2 fully saturated rings. The lowest BCUT2D eigenvalue weighted by Gasteiger charge is -2.35. The van der Waals surface area contributed by atoms with Crippen molar-refractivity contribution in [3.63, 3.8) is 0 Å². The third kappa shape index (κ3) is 3.92. The zero-order chi connectivity index (χ0) is 18.1. The summed E-state index contributed by atoms with van der Waals surface area (Å²) in [4.78, 5) is 20.4. The van der Waals surface area contributed by atoms with Crippen LogP contribution in [0, 0.1) is 0 Å². The van der Waals surface area contributed by atoms with Crippen LogP contribution in [0.15, 0.2) is 24.3 Å². The average Bonchev–Trinajstić information content (AvgIpc) is 3.22. The Kier molecular flexibility index (Phi) is 4.98. The molecule has 1 amide bonds. The fourth-order valence-electron chi connectivity index (χ4n) is 3.97. The van der Waals surface area contributed by atoms with Crippen molar-refractivity contribution >= 4 is 37.3 Å². The minimum atomic E-state index is -2.83. The molecule has 3 heterocycles. The summed E-state index contributed by atoms with van der Waals surface area (Å²) in [7, 11) is -2.83. The molecule has 8 heteroatoms. The van der Waals surface area contributed by atoms with Crippen molar-refractivity contribution < 1.29 is 18.1 Å². The summed E-state index contributed by atoms with van der Waals surface area (Å²) in [5, 5.41) is 1.01. The van der Waals surface area contributed by atoms with Crippen LogP contribution in [-0.2, 0) is 21.1 Å². The third-order valence-electron chi connectivity index (χ3n) is 5.46. The number of aromatic nitrogens is 1. The van der Waals surface area contributed by atoms with E-state index in [2.05, 4.69) is 11.1 Å². The predicted octanol–water partition coefficient (Wildman–Crippen LogP) is 0.143. The Morgan fingerprint density at radius 2 is 2.04 bits per heavy atom. The summed E-state index contributed by atoms with van der Waals surface area (Å²) in [5.74, 6) is 0.821. The molecule has 2 aromatic rings. The number of carbonyl (C=O) groups is 1. The zero-order valence-electron chi connectivity index (χ0n) is 14.7. The highest BCUT2D eigenvalue weighted by Crippen LogP contribution is 2.22. The van der Waals surface area contributed by atoms with Crippen LogP contribution in [0.1, 0.15) is 17.8 Å². The third-order valence-corrected chi connectivity index (χ3v) is 8.32. The van der Waals surface area contributed by atoms with Gasteiger partial charge in [-0.1, -0.05) is 12.1 Å². The molecule has 4 rings (SSSR count). The first kappa shape index (κ1) is 17.9. The van der Waals surface area contributed by atoms with E-state index in [1.807, 2.05) is 23.1 Å². The molecule has 0 saturated carbocycles. The highest BCUT2D eigenvalue weighted by Gasteiger charge is 2.37. The number of quaternary nitrogens is 1. The number of rotatable bonds is 4. The van der Waals surface area contributed by atoms with Crippen molar-refractivity contribution in [3.8, 4) is 0 Å². The lowest BCUT2D eigenvalue weighted by molar-refractivity contribution is -0.925. The van der Waals surface area contributed by atoms with Gasteiger partial charge in [-0.05, 0) is 12.1 Å². The smallest absolute Gasteiger partial charge is 0.223 e. The van der Waals surface area contributed by atoms with Crippen LogP contribution >= 0.6 is 11.3 Å². The predicted molar refractivity (Wildman–Crippen MR) is 102 cm³/mol. The Balaban J connectivity index is 1.27. The van der Waals surface area contributed by atoms with Crippen LogP contribution in [0.5, 0.6) is 0 Å². The van der Waals surface area contributed by atoms with E-state index in [1.165, 1.54) is 9.60 Å². The molecule has 2 aliphatic heterocycles. The number of sulfone groups is 1. The summed E-state index contributed by atoms with van der Waals surface area (Å²) in [6.45, 7) is 3.16. The van der Waals surface area contributed by atoms with Crippen molar-refractivity contribution in [1.82, 2.24) is 9.88 Å². The summed E-state index contributed by atoms with van der Waals surface area (Å²) in [6.07, 6.45) is 1.95. The van der Waals surface area contributed by atoms with Crippen LogP contribution in [0.2, 0.25) is 0 Å². The van der Waals surface area contributed by atoms with Gasteiger partial charge in [0.05, 0.1) is 47.2 Å². The van der Waals surface area contributed by atoms with Crippen molar-refractivity contribution in [1.29, 1.82) is 0 Å². The number of nitrogens with zero attached hydrogens (tertiary/aromatic N) is 2. The number of thiazole rings is 1. The van der Waals surface area contributed by atoms with Gasteiger partial charge in [0.1, 0.15) is 11.8 Å². The molecule has 140 valence electrons. The molecular weight excluding hydrogens is 370 g/mol. The summed E-state index contributed by atoms with van der Waals surface area (Å²) >= 11 is 1.66. The van der Waals surface area contributed by atoms with Crippen LogP contribution in [0.25, 0.3) is 10.2 Å². The maximum Gasteiger partial charge on any atom is 0.223 e. The maximum absolute atomic E-state index is 12.5. The Bertz CT molecular complexity index is 868. The molecule has 6 nitrogen and oxygen atoms in total. The second-order valence-corrected chi connectivity index (χ2v) is 10.6. The highest BCUT2D eigenvalue weighted by molar-refractivity contribution is 7.91. The molecule has 0 bridgehead atoms. The quantitative estimate of drug-likeness (QED) is 0.801. The van der Waals surface area contributed by atoms with Crippen molar-refractivity contribution in [2.75, 3.05) is 37.7 Å². The Morgan fingerprint density at radius 3 is 2.73 bits per heavy atom. The molecule has 0 aliphatic carbocycles. The maximum atomic E-state index is 12.5. The van der Waals surface area contributed by atoms with E-state index in [4.69, 9.17) is 0 Å². The molecule has 1 aromatic heterocycles. The number of para-hydroxylation sites is 1. The number of carbonyl (C=O) groups excluding carboxylic acids is 1. The van der Waals surface area contributed by atoms with Gasteiger partial charge in [0.2, 0.25) is 5.91 Å². The van der Waals surface area contributed by atoms with Crippen LogP contribution in [0.4, 0.5) is 0 Å². The van der Waals surface area contributed by atoms with Crippen LogP contribution in [-0.4, -0.2) is 67.9 Å². The average molecular weight is 395 g/mol. The van der Waals surface area contributed by atoms with E-state index in [0.29, 0.717) is 24.3 Å². The summed E-state index contributed by atoms with van der Waals surface area (Å²) in [6, 6.07) is 8.27. The zero-order valence-corrected chi connectivity index (χ0v) is 16.3. The highest BCUT2D eigenvalue weighted by atomic mass is 32.2. The lowest BCUT2D eigenvalue weighted by Crippen LogP contribution is -3.18. The van der Waals surface area contributed by atoms with E-state index < -0.39 is 9.84 Å². The number of piperazine rings is 1. The Morgan fingerprint density at radius 1 is 1.27 bits per heavy atom. The number of nitrogens with one attached hydrogen (secondary N) is 1. The lowest BCUT2D eigenvalue weighted by atomic mass is 10.2. The number of hydrogen-bond donors (Lipinski definition) is 1. The molecule has 2 saturated heterocycles. The first-order chi connectivity index (χ1) is 12.5. The van der Waals surface area contributed by atoms with Crippen LogP contribution < -0.4 is 4.90 Å². The van der Waals surface area contributed by atoms with Gasteiger partial charge in [-0.2, -0.15) is 0 Å². The second kappa shape index (κ2) is 7.25. The van der Waals surface area contributed by atoms with Crippen molar-refractivity contribution in [3.05, 3.63) is 29.3 Å². The second-order valence-electron chi connectivity index (χ2n) is 7.21. The van der Waals surface area contributed by atoms with Gasteiger partial charge in [0, 0.05) is 19.3 Å². The fourth-order valence-corrected chi connectivity index (χ4v) is 6.76. The fraction of sp³-hybridized carbons (Fsp3) is 0.556. The minimum Gasteiger partial charge on any atom is -0.331 e. The first-order valence-corrected chi connectivity index (χ1v) is 11.8. The topological polar surface area (TPSA) is 71.8 Å². The normalized spacial score (nSPS) is 23.5. The standard InChI is InChI=1S/C18H23N3O3S2/c22-18(6-5-17-19-15-3-1-2-4-16(15)25-17)21-10-8-20(9-11-21)14-7-12-26(23,24)13-14/h1-4,14H,5-13H2/p+1/t14-/m1/s1.